The van der Waals surface area contributed by atoms with Crippen LogP contribution in [0.2, 0.25) is 0 Å². The Morgan fingerprint density at radius 1 is 1.00 bits per heavy atom. The van der Waals surface area contributed by atoms with Crippen LogP contribution in [0.4, 0.5) is 5.69 Å². The van der Waals surface area contributed by atoms with Gasteiger partial charge in [-0.2, -0.15) is 0 Å². The molecule has 0 spiro atoms. The molecule has 1 amide bonds. The van der Waals surface area contributed by atoms with Crippen LogP contribution in [-0.4, -0.2) is 19.6 Å². The SMILES string of the molecule is CCOc1ccc(CC(=O)Nc2ccc(OC)cc2)cc1. The fourth-order valence-electron chi connectivity index (χ4n) is 1.94. The lowest BCUT2D eigenvalue weighted by Crippen LogP contribution is -2.14. The van der Waals surface area contributed by atoms with Crippen molar-refractivity contribution in [3.63, 3.8) is 0 Å². The van der Waals surface area contributed by atoms with E-state index in [1.807, 2.05) is 55.5 Å². The fourth-order valence-corrected chi connectivity index (χ4v) is 1.94. The molecule has 2 aromatic rings. The molecular formula is C17H19NO3. The summed E-state index contributed by atoms with van der Waals surface area (Å²) in [7, 11) is 1.61. The normalized spacial score (nSPS) is 10.0. The van der Waals surface area contributed by atoms with E-state index in [2.05, 4.69) is 5.32 Å². The largest absolute Gasteiger partial charge is 0.497 e. The molecule has 0 bridgehead atoms. The van der Waals surface area contributed by atoms with Crippen molar-refractivity contribution in [3.8, 4) is 11.5 Å². The van der Waals surface area contributed by atoms with Crippen molar-refractivity contribution >= 4 is 11.6 Å². The maximum atomic E-state index is 12.0. The molecule has 0 aliphatic heterocycles. The van der Waals surface area contributed by atoms with Gasteiger partial charge in [-0.15, -0.1) is 0 Å². The molecule has 0 aliphatic carbocycles. The highest BCUT2D eigenvalue weighted by atomic mass is 16.5. The number of benzene rings is 2. The van der Waals surface area contributed by atoms with Gasteiger partial charge < -0.3 is 14.8 Å². The highest BCUT2D eigenvalue weighted by molar-refractivity contribution is 5.92. The quantitative estimate of drug-likeness (QED) is 0.886. The Labute approximate surface area is 124 Å². The molecule has 2 aromatic carbocycles. The van der Waals surface area contributed by atoms with Crippen LogP contribution in [0.3, 0.4) is 0 Å². The maximum Gasteiger partial charge on any atom is 0.228 e. The van der Waals surface area contributed by atoms with Gasteiger partial charge in [0.05, 0.1) is 20.1 Å². The van der Waals surface area contributed by atoms with Crippen molar-refractivity contribution in [1.29, 1.82) is 0 Å². The topological polar surface area (TPSA) is 47.6 Å². The molecule has 110 valence electrons. The zero-order valence-electron chi connectivity index (χ0n) is 12.3. The van der Waals surface area contributed by atoms with Gasteiger partial charge in [-0.1, -0.05) is 12.1 Å². The third-order valence-corrected chi connectivity index (χ3v) is 2.97. The molecule has 0 radical (unpaired) electrons. The van der Waals surface area contributed by atoms with Gasteiger partial charge in [-0.05, 0) is 48.9 Å². The maximum absolute atomic E-state index is 12.0. The third kappa shape index (κ3) is 4.53. The molecule has 0 saturated carbocycles. The van der Waals surface area contributed by atoms with E-state index in [1.54, 1.807) is 7.11 Å². The average Bonchev–Trinajstić information content (AvgIpc) is 2.50. The Morgan fingerprint density at radius 2 is 1.62 bits per heavy atom. The summed E-state index contributed by atoms with van der Waals surface area (Å²) in [4.78, 5) is 12.0. The Morgan fingerprint density at radius 3 is 2.19 bits per heavy atom. The monoisotopic (exact) mass is 285 g/mol. The molecule has 0 aliphatic rings. The molecule has 21 heavy (non-hydrogen) atoms. The van der Waals surface area contributed by atoms with Gasteiger partial charge in [0.15, 0.2) is 0 Å². The van der Waals surface area contributed by atoms with E-state index in [1.165, 1.54) is 0 Å². The number of carbonyl (C=O) groups excluding carboxylic acids is 1. The number of hydrogen-bond donors (Lipinski definition) is 1. The van der Waals surface area contributed by atoms with E-state index in [0.717, 1.165) is 22.7 Å². The molecule has 4 nitrogen and oxygen atoms in total. The first-order valence-corrected chi connectivity index (χ1v) is 6.87. The molecule has 0 heterocycles. The molecule has 4 heteroatoms. The summed E-state index contributed by atoms with van der Waals surface area (Å²) in [6.07, 6.45) is 0.332. The molecule has 0 aromatic heterocycles. The summed E-state index contributed by atoms with van der Waals surface area (Å²) in [6.45, 7) is 2.58. The number of rotatable bonds is 6. The molecule has 0 fully saturated rings. The standard InChI is InChI=1S/C17H19NO3/c1-3-21-16-8-4-13(5-9-16)12-17(19)18-14-6-10-15(20-2)11-7-14/h4-11H,3,12H2,1-2H3,(H,18,19). The van der Waals surface area contributed by atoms with E-state index in [9.17, 15) is 4.79 Å². The predicted molar refractivity (Wildman–Crippen MR) is 82.9 cm³/mol. The minimum absolute atomic E-state index is 0.0515. The van der Waals surface area contributed by atoms with Gasteiger partial charge in [0, 0.05) is 5.69 Å². The zero-order valence-corrected chi connectivity index (χ0v) is 12.3. The van der Waals surface area contributed by atoms with Crippen LogP contribution in [0, 0.1) is 0 Å². The number of anilines is 1. The van der Waals surface area contributed by atoms with Gasteiger partial charge in [0.25, 0.3) is 0 Å². The number of hydrogen-bond acceptors (Lipinski definition) is 3. The third-order valence-electron chi connectivity index (χ3n) is 2.97. The van der Waals surface area contributed by atoms with E-state index in [4.69, 9.17) is 9.47 Å². The minimum atomic E-state index is -0.0515. The van der Waals surface area contributed by atoms with Gasteiger partial charge >= 0.3 is 0 Å². The second-order valence-electron chi connectivity index (χ2n) is 4.53. The highest BCUT2D eigenvalue weighted by Crippen LogP contribution is 2.16. The van der Waals surface area contributed by atoms with Gasteiger partial charge in [-0.3, -0.25) is 4.79 Å². The molecule has 1 N–H and O–H groups in total. The van der Waals surface area contributed by atoms with E-state index in [0.29, 0.717) is 13.0 Å². The first kappa shape index (κ1) is 14.9. The number of methoxy groups -OCH3 is 1. The van der Waals surface area contributed by atoms with E-state index >= 15 is 0 Å². The highest BCUT2D eigenvalue weighted by Gasteiger charge is 2.04. The lowest BCUT2D eigenvalue weighted by molar-refractivity contribution is -0.115. The van der Waals surface area contributed by atoms with Gasteiger partial charge in [-0.25, -0.2) is 0 Å². The fraction of sp³-hybridized carbons (Fsp3) is 0.235. The first-order valence-electron chi connectivity index (χ1n) is 6.87. The van der Waals surface area contributed by atoms with Crippen LogP contribution >= 0.6 is 0 Å². The lowest BCUT2D eigenvalue weighted by Gasteiger charge is -2.07. The second-order valence-corrected chi connectivity index (χ2v) is 4.53. The predicted octanol–water partition coefficient (Wildman–Crippen LogP) is 3.28. The Balaban J connectivity index is 1.91. The Bertz CT molecular complexity index is 576. The van der Waals surface area contributed by atoms with Crippen molar-refractivity contribution in [2.45, 2.75) is 13.3 Å². The van der Waals surface area contributed by atoms with E-state index in [-0.39, 0.29) is 5.91 Å². The Kier molecular flexibility index (Phi) is 5.21. The summed E-state index contributed by atoms with van der Waals surface area (Å²) in [5.74, 6) is 1.53. The van der Waals surface area contributed by atoms with Crippen molar-refractivity contribution in [2.24, 2.45) is 0 Å². The molecular weight excluding hydrogens is 266 g/mol. The van der Waals surface area contributed by atoms with Crippen LogP contribution in [-0.2, 0) is 11.2 Å². The number of ether oxygens (including phenoxy) is 2. The van der Waals surface area contributed by atoms with Crippen LogP contribution in [0.15, 0.2) is 48.5 Å². The number of nitrogens with one attached hydrogen (secondary N) is 1. The number of carbonyl (C=O) groups is 1. The van der Waals surface area contributed by atoms with Crippen LogP contribution in [0.25, 0.3) is 0 Å². The minimum Gasteiger partial charge on any atom is -0.497 e. The van der Waals surface area contributed by atoms with Crippen LogP contribution < -0.4 is 14.8 Å². The Hall–Kier alpha value is -2.49. The van der Waals surface area contributed by atoms with Crippen molar-refractivity contribution in [1.82, 2.24) is 0 Å². The molecule has 0 saturated heterocycles. The summed E-state index contributed by atoms with van der Waals surface area (Å²) >= 11 is 0. The summed E-state index contributed by atoms with van der Waals surface area (Å²) in [5, 5.41) is 2.86. The van der Waals surface area contributed by atoms with E-state index < -0.39 is 0 Å². The number of amides is 1. The lowest BCUT2D eigenvalue weighted by atomic mass is 10.1. The van der Waals surface area contributed by atoms with Crippen LogP contribution in [0.5, 0.6) is 11.5 Å². The summed E-state index contributed by atoms with van der Waals surface area (Å²) in [6, 6.07) is 14.8. The summed E-state index contributed by atoms with van der Waals surface area (Å²) < 4.78 is 10.4. The van der Waals surface area contributed by atoms with Gasteiger partial charge in [0.1, 0.15) is 11.5 Å². The van der Waals surface area contributed by atoms with Crippen molar-refractivity contribution in [2.75, 3.05) is 19.0 Å². The van der Waals surface area contributed by atoms with Crippen molar-refractivity contribution in [3.05, 3.63) is 54.1 Å². The van der Waals surface area contributed by atoms with Crippen molar-refractivity contribution < 1.29 is 14.3 Å². The molecule has 0 atom stereocenters. The zero-order chi connectivity index (χ0) is 15.1. The second kappa shape index (κ2) is 7.33. The summed E-state index contributed by atoms with van der Waals surface area (Å²) in [5.41, 5.74) is 1.70. The van der Waals surface area contributed by atoms with Gasteiger partial charge in [0.2, 0.25) is 5.91 Å². The average molecular weight is 285 g/mol. The first-order chi connectivity index (χ1) is 10.2. The molecule has 0 unspecified atom stereocenters. The van der Waals surface area contributed by atoms with Crippen LogP contribution in [0.1, 0.15) is 12.5 Å². The molecule has 2 rings (SSSR count). The smallest absolute Gasteiger partial charge is 0.228 e.